The first-order chi connectivity index (χ1) is 17.0. The lowest BCUT2D eigenvalue weighted by Gasteiger charge is -2.37. The van der Waals surface area contributed by atoms with Gasteiger partial charge in [-0.05, 0) is 72.7 Å². The van der Waals surface area contributed by atoms with E-state index in [1.54, 1.807) is 23.3 Å². The molecular formula is C27H27FN2O4S. The quantitative estimate of drug-likeness (QED) is 0.455. The number of methoxy groups -OCH3 is 1. The van der Waals surface area contributed by atoms with Gasteiger partial charge in [0, 0.05) is 29.1 Å². The van der Waals surface area contributed by atoms with Crippen molar-refractivity contribution in [2.45, 2.75) is 31.3 Å². The lowest BCUT2D eigenvalue weighted by Crippen LogP contribution is -2.48. The maximum atomic E-state index is 13.6. The molecule has 1 aliphatic heterocycles. The van der Waals surface area contributed by atoms with E-state index in [-0.39, 0.29) is 30.4 Å². The molecule has 1 saturated carbocycles. The first-order valence-electron chi connectivity index (χ1n) is 11.7. The zero-order valence-corrected chi connectivity index (χ0v) is 20.3. The molecule has 182 valence electrons. The van der Waals surface area contributed by atoms with Crippen LogP contribution < -0.4 is 9.47 Å². The van der Waals surface area contributed by atoms with E-state index in [1.807, 2.05) is 34.5 Å². The first-order valence-corrected chi connectivity index (χ1v) is 12.6. The summed E-state index contributed by atoms with van der Waals surface area (Å²) in [4.78, 5) is 31.5. The maximum Gasteiger partial charge on any atom is 0.254 e. The van der Waals surface area contributed by atoms with Gasteiger partial charge in [0.25, 0.3) is 5.91 Å². The predicted octanol–water partition coefficient (Wildman–Crippen LogP) is 4.71. The molecule has 2 aromatic carbocycles. The molecule has 6 nitrogen and oxygen atoms in total. The van der Waals surface area contributed by atoms with Crippen LogP contribution in [0.4, 0.5) is 4.39 Å². The van der Waals surface area contributed by atoms with Gasteiger partial charge < -0.3 is 19.3 Å². The number of thiophene rings is 1. The fraction of sp³-hybridized carbons (Fsp3) is 0.333. The third-order valence-electron chi connectivity index (χ3n) is 6.51. The van der Waals surface area contributed by atoms with Gasteiger partial charge in [-0.1, -0.05) is 6.07 Å². The van der Waals surface area contributed by atoms with E-state index in [0.29, 0.717) is 30.2 Å². The van der Waals surface area contributed by atoms with E-state index < -0.39 is 5.82 Å². The molecule has 0 N–H and O–H groups in total. The van der Waals surface area contributed by atoms with E-state index in [4.69, 9.17) is 9.47 Å². The maximum absolute atomic E-state index is 13.6. The van der Waals surface area contributed by atoms with Gasteiger partial charge >= 0.3 is 0 Å². The average Bonchev–Trinajstić information content (AvgIpc) is 3.61. The summed E-state index contributed by atoms with van der Waals surface area (Å²) >= 11 is 1.69. The number of benzene rings is 2. The zero-order chi connectivity index (χ0) is 24.4. The Morgan fingerprint density at radius 2 is 1.89 bits per heavy atom. The molecule has 0 spiro atoms. The number of ether oxygens (including phenoxy) is 2. The largest absolute Gasteiger partial charge is 0.497 e. The summed E-state index contributed by atoms with van der Waals surface area (Å²) in [6, 6.07) is 14.7. The second kappa shape index (κ2) is 10.1. The number of amides is 2. The Hall–Kier alpha value is -3.39. The van der Waals surface area contributed by atoms with Gasteiger partial charge in [-0.2, -0.15) is 0 Å². The normalized spacial score (nSPS) is 17.0. The van der Waals surface area contributed by atoms with Gasteiger partial charge in [-0.15, -0.1) is 11.3 Å². The highest BCUT2D eigenvalue weighted by molar-refractivity contribution is 7.10. The molecule has 2 heterocycles. The molecule has 1 fully saturated rings. The molecule has 5 rings (SSSR count). The Kier molecular flexibility index (Phi) is 6.72. The third kappa shape index (κ3) is 5.17. The summed E-state index contributed by atoms with van der Waals surface area (Å²) in [5, 5.41) is 2.05. The second-order valence-corrected chi connectivity index (χ2v) is 9.81. The summed E-state index contributed by atoms with van der Waals surface area (Å²) in [5.74, 6) is 0.635. The highest BCUT2D eigenvalue weighted by Crippen LogP contribution is 2.35. The summed E-state index contributed by atoms with van der Waals surface area (Å²) in [7, 11) is 1.61. The van der Waals surface area contributed by atoms with Crippen LogP contribution in [0.3, 0.4) is 0 Å². The molecular weight excluding hydrogens is 467 g/mol. The minimum absolute atomic E-state index is 0.00396. The van der Waals surface area contributed by atoms with E-state index >= 15 is 0 Å². The molecule has 35 heavy (non-hydrogen) atoms. The highest BCUT2D eigenvalue weighted by Gasteiger charge is 2.38. The molecule has 3 aromatic rings. The number of rotatable bonds is 8. The summed E-state index contributed by atoms with van der Waals surface area (Å²) in [6.45, 7) is 0.871. The summed E-state index contributed by atoms with van der Waals surface area (Å²) in [5.41, 5.74) is 1.49. The number of hydrogen-bond acceptors (Lipinski definition) is 5. The average molecular weight is 495 g/mol. The molecule has 1 aliphatic carbocycles. The van der Waals surface area contributed by atoms with Crippen LogP contribution in [0.15, 0.2) is 60.0 Å². The van der Waals surface area contributed by atoms with Gasteiger partial charge in [-0.25, -0.2) is 4.39 Å². The molecule has 2 amide bonds. The van der Waals surface area contributed by atoms with E-state index in [9.17, 15) is 14.0 Å². The van der Waals surface area contributed by atoms with Crippen LogP contribution in [-0.2, 0) is 11.2 Å². The van der Waals surface area contributed by atoms with E-state index in [1.165, 1.54) is 29.1 Å². The van der Waals surface area contributed by atoms with Crippen molar-refractivity contribution < 1.29 is 23.5 Å². The van der Waals surface area contributed by atoms with Crippen LogP contribution in [0.5, 0.6) is 11.5 Å². The number of fused-ring (bicyclic) bond motifs is 1. The SMILES string of the molecule is COc1cccc(OCC2c3ccsc3CCN2C(=O)CN(C(=O)c2ccc(F)cc2)C2CC2)c1. The minimum Gasteiger partial charge on any atom is -0.497 e. The van der Waals surface area contributed by atoms with Crippen LogP contribution in [0.1, 0.15) is 39.7 Å². The fourth-order valence-electron chi connectivity index (χ4n) is 4.49. The smallest absolute Gasteiger partial charge is 0.254 e. The molecule has 0 saturated heterocycles. The van der Waals surface area contributed by atoms with Crippen LogP contribution in [-0.4, -0.2) is 54.5 Å². The van der Waals surface area contributed by atoms with Crippen molar-refractivity contribution in [1.82, 2.24) is 9.80 Å². The lowest BCUT2D eigenvalue weighted by atomic mass is 10.0. The summed E-state index contributed by atoms with van der Waals surface area (Å²) < 4.78 is 24.7. The van der Waals surface area contributed by atoms with E-state index in [0.717, 1.165) is 24.8 Å². The molecule has 8 heteroatoms. The van der Waals surface area contributed by atoms with Crippen molar-refractivity contribution in [1.29, 1.82) is 0 Å². The van der Waals surface area contributed by atoms with Crippen molar-refractivity contribution in [3.05, 3.63) is 81.8 Å². The van der Waals surface area contributed by atoms with Crippen molar-refractivity contribution in [3.8, 4) is 11.5 Å². The van der Waals surface area contributed by atoms with Crippen molar-refractivity contribution in [3.63, 3.8) is 0 Å². The van der Waals surface area contributed by atoms with Gasteiger partial charge in [0.1, 0.15) is 30.5 Å². The fourth-order valence-corrected chi connectivity index (χ4v) is 5.42. The zero-order valence-electron chi connectivity index (χ0n) is 19.5. The van der Waals surface area contributed by atoms with E-state index in [2.05, 4.69) is 6.07 Å². The Labute approximate surface area is 207 Å². The highest BCUT2D eigenvalue weighted by atomic mass is 32.1. The molecule has 0 radical (unpaired) electrons. The number of nitrogens with zero attached hydrogens (tertiary/aromatic N) is 2. The first kappa shape index (κ1) is 23.4. The number of carbonyl (C=O) groups excluding carboxylic acids is 2. The van der Waals surface area contributed by atoms with Crippen LogP contribution in [0.2, 0.25) is 0 Å². The van der Waals surface area contributed by atoms with Crippen molar-refractivity contribution in [2.75, 3.05) is 26.8 Å². The third-order valence-corrected chi connectivity index (χ3v) is 7.51. The van der Waals surface area contributed by atoms with Crippen LogP contribution >= 0.6 is 11.3 Å². The topological polar surface area (TPSA) is 59.1 Å². The molecule has 1 atom stereocenters. The van der Waals surface area contributed by atoms with Gasteiger partial charge in [0.05, 0.1) is 13.2 Å². The lowest BCUT2D eigenvalue weighted by molar-refractivity contribution is -0.135. The Balaban J connectivity index is 1.33. The van der Waals surface area contributed by atoms with Crippen LogP contribution in [0.25, 0.3) is 0 Å². The monoisotopic (exact) mass is 494 g/mol. The van der Waals surface area contributed by atoms with Gasteiger partial charge in [-0.3, -0.25) is 9.59 Å². The predicted molar refractivity (Wildman–Crippen MR) is 131 cm³/mol. The second-order valence-electron chi connectivity index (χ2n) is 8.81. The summed E-state index contributed by atoms with van der Waals surface area (Å²) in [6.07, 6.45) is 2.53. The van der Waals surface area contributed by atoms with Gasteiger partial charge in [0.15, 0.2) is 0 Å². The number of carbonyl (C=O) groups is 2. The Bertz CT molecular complexity index is 1210. The van der Waals surface area contributed by atoms with Crippen molar-refractivity contribution >= 4 is 23.2 Å². The number of hydrogen-bond donors (Lipinski definition) is 0. The minimum atomic E-state index is -0.394. The number of halogens is 1. The standard InChI is InChI=1S/C27H27FN2O4S/c1-33-21-3-2-4-22(15-21)34-17-24-23-12-14-35-25(23)11-13-29(24)26(31)16-30(20-9-10-20)27(32)18-5-7-19(28)8-6-18/h2-8,12,14-15,20,24H,9-11,13,16-17H2,1H3. The van der Waals surface area contributed by atoms with Crippen LogP contribution in [0, 0.1) is 5.82 Å². The van der Waals surface area contributed by atoms with Gasteiger partial charge in [0.2, 0.25) is 5.91 Å². The molecule has 0 bridgehead atoms. The Morgan fingerprint density at radius 3 is 2.63 bits per heavy atom. The molecule has 2 aliphatic rings. The Morgan fingerprint density at radius 1 is 1.11 bits per heavy atom. The van der Waals surface area contributed by atoms with Crippen molar-refractivity contribution in [2.24, 2.45) is 0 Å². The molecule has 1 aromatic heterocycles. The molecule has 1 unspecified atom stereocenters.